The lowest BCUT2D eigenvalue weighted by Gasteiger charge is -2.09. The summed E-state index contributed by atoms with van der Waals surface area (Å²) in [5.74, 6) is -0.935. The Hall–Kier alpha value is -2.46. The molecule has 0 N–H and O–H groups in total. The highest BCUT2D eigenvalue weighted by molar-refractivity contribution is 7.10. The van der Waals surface area contributed by atoms with Crippen molar-refractivity contribution in [2.75, 3.05) is 7.11 Å². The van der Waals surface area contributed by atoms with E-state index < -0.39 is 5.97 Å². The Bertz CT molecular complexity index is 753. The highest BCUT2D eigenvalue weighted by Gasteiger charge is 2.22. The molecule has 0 radical (unpaired) electrons. The zero-order valence-corrected chi connectivity index (χ0v) is 14.1. The van der Waals surface area contributed by atoms with Crippen molar-refractivity contribution in [2.45, 2.75) is 13.8 Å². The molecule has 3 nitrogen and oxygen atoms in total. The van der Waals surface area contributed by atoms with Crippen molar-refractivity contribution in [1.82, 2.24) is 0 Å². The minimum atomic E-state index is -0.622. The van der Waals surface area contributed by atoms with Crippen molar-refractivity contribution in [3.63, 3.8) is 0 Å². The van der Waals surface area contributed by atoms with E-state index in [-0.39, 0.29) is 11.4 Å². The number of thiophene rings is 1. The molecule has 0 unspecified atom stereocenters. The zero-order chi connectivity index (χ0) is 16.8. The minimum absolute atomic E-state index is 0.0442. The maximum absolute atomic E-state index is 12.8. The van der Waals surface area contributed by atoms with E-state index in [1.54, 1.807) is 13.0 Å². The zero-order valence-electron chi connectivity index (χ0n) is 13.3. The second-order valence-electron chi connectivity index (χ2n) is 5.01. The molecule has 1 aromatic heterocycles. The predicted octanol–water partition coefficient (Wildman–Crippen LogP) is 4.37. The second-order valence-corrected chi connectivity index (χ2v) is 5.99. The number of methoxy groups -OCH3 is 1. The second kappa shape index (κ2) is 7.70. The largest absolute Gasteiger partial charge is 0.465 e. The van der Waals surface area contributed by atoms with Crippen LogP contribution in [0, 0.1) is 0 Å². The molecule has 0 amide bonds. The summed E-state index contributed by atoms with van der Waals surface area (Å²) in [5, 5.41) is 1.89. The molecule has 23 heavy (non-hydrogen) atoms. The molecule has 0 saturated carbocycles. The molecule has 1 aromatic carbocycles. The van der Waals surface area contributed by atoms with Crippen LogP contribution in [0.1, 0.15) is 24.3 Å². The summed E-state index contributed by atoms with van der Waals surface area (Å²) in [6.45, 7) is 3.61. The van der Waals surface area contributed by atoms with Crippen molar-refractivity contribution in [3.8, 4) is 0 Å². The fraction of sp³-hybridized carbons (Fsp3) is 0.158. The first-order valence-corrected chi connectivity index (χ1v) is 8.03. The molecular formula is C19H18O3S. The van der Waals surface area contributed by atoms with Gasteiger partial charge in [0.1, 0.15) is 5.57 Å². The first kappa shape index (κ1) is 16.9. The Balaban J connectivity index is 2.43. The summed E-state index contributed by atoms with van der Waals surface area (Å²) in [6.07, 6.45) is 1.58. The molecule has 118 valence electrons. The molecule has 0 bridgehead atoms. The predicted molar refractivity (Wildman–Crippen MR) is 94.0 cm³/mol. The molecule has 0 saturated heterocycles. The number of allylic oxidation sites excluding steroid dienone is 2. The van der Waals surface area contributed by atoms with Crippen LogP contribution in [0.15, 0.2) is 59.0 Å². The molecule has 0 aliphatic carbocycles. The van der Waals surface area contributed by atoms with Crippen molar-refractivity contribution in [1.29, 1.82) is 0 Å². The molecule has 2 aromatic rings. The van der Waals surface area contributed by atoms with Gasteiger partial charge in [-0.3, -0.25) is 4.79 Å². The average molecular weight is 326 g/mol. The number of esters is 1. The van der Waals surface area contributed by atoms with E-state index in [0.29, 0.717) is 5.57 Å². The molecule has 0 fully saturated rings. The van der Waals surface area contributed by atoms with Gasteiger partial charge in [0.15, 0.2) is 5.78 Å². The van der Waals surface area contributed by atoms with Crippen molar-refractivity contribution < 1.29 is 14.3 Å². The third-order valence-electron chi connectivity index (χ3n) is 3.59. The van der Waals surface area contributed by atoms with E-state index in [4.69, 9.17) is 4.74 Å². The first-order valence-electron chi connectivity index (χ1n) is 7.15. The van der Waals surface area contributed by atoms with Crippen LogP contribution in [-0.2, 0) is 14.3 Å². The van der Waals surface area contributed by atoms with Crippen LogP contribution >= 0.6 is 11.3 Å². The maximum atomic E-state index is 12.8. The Morgan fingerprint density at radius 2 is 1.74 bits per heavy atom. The highest BCUT2D eigenvalue weighted by Crippen LogP contribution is 2.23. The van der Waals surface area contributed by atoms with E-state index in [1.165, 1.54) is 18.4 Å². The van der Waals surface area contributed by atoms with Gasteiger partial charge in [-0.2, -0.15) is 0 Å². The van der Waals surface area contributed by atoms with E-state index >= 15 is 0 Å². The molecule has 2 rings (SSSR count). The topological polar surface area (TPSA) is 43.4 Å². The maximum Gasteiger partial charge on any atom is 0.341 e. The fourth-order valence-corrected chi connectivity index (χ4v) is 2.78. The number of ketones is 1. The van der Waals surface area contributed by atoms with E-state index in [2.05, 4.69) is 0 Å². The quantitative estimate of drug-likeness (QED) is 0.355. The normalized spacial score (nSPS) is 12.6. The lowest BCUT2D eigenvalue weighted by Crippen LogP contribution is -2.16. The van der Waals surface area contributed by atoms with Gasteiger partial charge in [-0.05, 0) is 42.5 Å². The molecular weight excluding hydrogens is 308 g/mol. The number of Topliss-reactive ketones (excluding diaryl/α,β-unsaturated/α-hetero) is 1. The lowest BCUT2D eigenvalue weighted by atomic mass is 9.96. The van der Waals surface area contributed by atoms with Gasteiger partial charge >= 0.3 is 5.97 Å². The molecule has 0 spiro atoms. The lowest BCUT2D eigenvalue weighted by molar-refractivity contribution is -0.137. The van der Waals surface area contributed by atoms with Crippen LogP contribution in [-0.4, -0.2) is 18.9 Å². The monoisotopic (exact) mass is 326 g/mol. The van der Waals surface area contributed by atoms with Gasteiger partial charge in [-0.1, -0.05) is 36.4 Å². The van der Waals surface area contributed by atoms with Crippen molar-refractivity contribution in [3.05, 3.63) is 69.4 Å². The van der Waals surface area contributed by atoms with Crippen molar-refractivity contribution >= 4 is 34.7 Å². The molecule has 0 aliphatic rings. The minimum Gasteiger partial charge on any atom is -0.465 e. The third-order valence-corrected chi connectivity index (χ3v) is 4.41. The SMILES string of the molecule is COC(=O)C(=Cc1cccs1)C(=O)/C(C)=C(\C)c1ccccc1. The number of carbonyl (C=O) groups excluding carboxylic acids is 2. The summed E-state index contributed by atoms with van der Waals surface area (Å²) in [7, 11) is 1.28. The molecule has 1 heterocycles. The molecule has 0 atom stereocenters. The molecule has 4 heteroatoms. The summed E-state index contributed by atoms with van der Waals surface area (Å²) in [6, 6.07) is 13.3. The Kier molecular flexibility index (Phi) is 5.66. The van der Waals surface area contributed by atoms with Crippen LogP contribution in [0.2, 0.25) is 0 Å². The number of hydrogen-bond donors (Lipinski definition) is 0. The number of carbonyl (C=O) groups is 2. The number of benzene rings is 1. The first-order chi connectivity index (χ1) is 11.0. The van der Waals surface area contributed by atoms with Gasteiger partial charge in [-0.25, -0.2) is 4.79 Å². The Morgan fingerprint density at radius 1 is 1.04 bits per heavy atom. The summed E-state index contributed by atoms with van der Waals surface area (Å²) >= 11 is 1.46. The van der Waals surface area contributed by atoms with Gasteiger partial charge < -0.3 is 4.74 Å². The van der Waals surface area contributed by atoms with Crippen LogP contribution < -0.4 is 0 Å². The summed E-state index contributed by atoms with van der Waals surface area (Å²) in [5.41, 5.74) is 2.38. The standard InChI is InChI=1S/C19H18O3S/c1-13(15-8-5-4-6-9-15)14(2)18(20)17(19(21)22-3)12-16-10-7-11-23-16/h4-12H,1-3H3/b14-13+,17-12?. The number of ether oxygens (including phenoxy) is 1. The Labute approximate surface area is 139 Å². The van der Waals surface area contributed by atoms with Crippen LogP contribution in [0.3, 0.4) is 0 Å². The van der Waals surface area contributed by atoms with Gasteiger partial charge in [0.25, 0.3) is 0 Å². The van der Waals surface area contributed by atoms with E-state index in [1.807, 2.05) is 54.8 Å². The van der Waals surface area contributed by atoms with Crippen LogP contribution in [0.4, 0.5) is 0 Å². The third kappa shape index (κ3) is 4.05. The molecule has 0 aliphatic heterocycles. The van der Waals surface area contributed by atoms with Gasteiger partial charge in [-0.15, -0.1) is 11.3 Å². The average Bonchev–Trinajstić information content (AvgIpc) is 3.11. The van der Waals surface area contributed by atoms with Gasteiger partial charge in [0.05, 0.1) is 7.11 Å². The van der Waals surface area contributed by atoms with Crippen LogP contribution in [0.5, 0.6) is 0 Å². The summed E-state index contributed by atoms with van der Waals surface area (Å²) < 4.78 is 4.77. The number of rotatable bonds is 5. The Morgan fingerprint density at radius 3 is 2.30 bits per heavy atom. The number of hydrogen-bond acceptors (Lipinski definition) is 4. The summed E-state index contributed by atoms with van der Waals surface area (Å²) in [4.78, 5) is 25.6. The van der Waals surface area contributed by atoms with Crippen molar-refractivity contribution in [2.24, 2.45) is 0 Å². The fourth-order valence-electron chi connectivity index (χ4n) is 2.12. The highest BCUT2D eigenvalue weighted by atomic mass is 32.1. The van der Waals surface area contributed by atoms with E-state index in [9.17, 15) is 9.59 Å². The van der Waals surface area contributed by atoms with E-state index in [0.717, 1.165) is 16.0 Å². The van der Waals surface area contributed by atoms with Gasteiger partial charge in [0, 0.05) is 10.5 Å². The van der Waals surface area contributed by atoms with Crippen LogP contribution in [0.25, 0.3) is 11.6 Å². The smallest absolute Gasteiger partial charge is 0.341 e. The van der Waals surface area contributed by atoms with Gasteiger partial charge in [0.2, 0.25) is 0 Å².